The topological polar surface area (TPSA) is 111 Å². The van der Waals surface area contributed by atoms with Crippen LogP contribution in [-0.4, -0.2) is 38.0 Å². The summed E-state index contributed by atoms with van der Waals surface area (Å²) in [6, 6.07) is 5.03. The lowest BCUT2D eigenvalue weighted by molar-refractivity contribution is 0.0755. The average Bonchev–Trinajstić information content (AvgIpc) is 3.36. The summed E-state index contributed by atoms with van der Waals surface area (Å²) in [6.45, 7) is 0.878. The highest BCUT2D eigenvalue weighted by molar-refractivity contribution is 5.99. The lowest BCUT2D eigenvalue weighted by Crippen LogP contribution is -2.51. The number of ketones is 1. The van der Waals surface area contributed by atoms with Gasteiger partial charge in [0, 0.05) is 6.07 Å². The Labute approximate surface area is 156 Å². The fourth-order valence-corrected chi connectivity index (χ4v) is 4.60. The Morgan fingerprint density at radius 3 is 3.00 bits per heavy atom. The number of fused-ring (bicyclic) bond motifs is 2. The number of rotatable bonds is 3. The van der Waals surface area contributed by atoms with E-state index in [1.165, 1.54) is 23.8 Å². The van der Waals surface area contributed by atoms with Gasteiger partial charge in [-0.25, -0.2) is 9.97 Å². The molecule has 140 valence electrons. The maximum Gasteiger partial charge on any atom is 0.223 e. The van der Waals surface area contributed by atoms with Gasteiger partial charge >= 0.3 is 0 Å². The van der Waals surface area contributed by atoms with Crippen LogP contribution in [0.4, 0.5) is 5.95 Å². The van der Waals surface area contributed by atoms with E-state index in [4.69, 9.17) is 10.2 Å². The first-order valence-corrected chi connectivity index (χ1v) is 9.55. The molecule has 8 nitrogen and oxygen atoms in total. The van der Waals surface area contributed by atoms with Gasteiger partial charge in [-0.1, -0.05) is 19.3 Å². The average molecular weight is 366 g/mol. The van der Waals surface area contributed by atoms with E-state index in [0.29, 0.717) is 34.8 Å². The van der Waals surface area contributed by atoms with E-state index in [1.54, 1.807) is 24.5 Å². The van der Waals surface area contributed by atoms with E-state index in [2.05, 4.69) is 20.4 Å². The molecule has 3 N–H and O–H groups in total. The molecular weight excluding hydrogens is 344 g/mol. The van der Waals surface area contributed by atoms with Crippen LogP contribution < -0.4 is 11.1 Å². The summed E-state index contributed by atoms with van der Waals surface area (Å²) in [6.07, 6.45) is 7.50. The third-order valence-corrected chi connectivity index (χ3v) is 5.90. The van der Waals surface area contributed by atoms with Gasteiger partial charge in [-0.2, -0.15) is 4.52 Å². The van der Waals surface area contributed by atoms with Crippen molar-refractivity contribution in [1.29, 1.82) is 0 Å². The smallest absolute Gasteiger partial charge is 0.223 e. The minimum atomic E-state index is -0.189. The number of aromatic nitrogens is 4. The van der Waals surface area contributed by atoms with Crippen molar-refractivity contribution in [3.8, 4) is 11.6 Å². The number of nitrogens with one attached hydrogen (secondary N) is 1. The maximum atomic E-state index is 13.2. The lowest BCUT2D eigenvalue weighted by atomic mass is 9.70. The molecule has 2 aliphatic rings. The van der Waals surface area contributed by atoms with Crippen molar-refractivity contribution in [3.63, 3.8) is 0 Å². The van der Waals surface area contributed by atoms with Gasteiger partial charge in [0.1, 0.15) is 5.69 Å². The highest BCUT2D eigenvalue weighted by atomic mass is 16.3. The molecule has 3 atom stereocenters. The standard InChI is InChI=1S/C19H22N6O2/c20-19-22-13(10-15-23-18(24-25(15)19)14-6-3-9-27-14)17(26)16-12-5-2-1-4-11(12)7-8-21-16/h3,6,9-12,16,21H,1-2,4-5,7-8H2,(H2,20,22)/t11-,12-,16?/m1/s1. The minimum Gasteiger partial charge on any atom is -0.461 e. The van der Waals surface area contributed by atoms with Gasteiger partial charge in [0.25, 0.3) is 0 Å². The SMILES string of the molecule is Nc1nc(C(=O)C2NCC[C@H]3CCCC[C@@H]23)cc2nc(-c3ccco3)nn12. The molecule has 8 heteroatoms. The Hall–Kier alpha value is -2.74. The number of carbonyl (C=O) groups excluding carboxylic acids is 1. The highest BCUT2D eigenvalue weighted by Crippen LogP contribution is 2.37. The molecule has 0 aromatic carbocycles. The van der Waals surface area contributed by atoms with E-state index in [0.717, 1.165) is 19.4 Å². The summed E-state index contributed by atoms with van der Waals surface area (Å²) in [5, 5.41) is 7.75. The van der Waals surface area contributed by atoms with Gasteiger partial charge in [0.05, 0.1) is 12.3 Å². The van der Waals surface area contributed by atoms with Crippen LogP contribution in [0.25, 0.3) is 17.2 Å². The van der Waals surface area contributed by atoms with Crippen molar-refractivity contribution in [2.24, 2.45) is 11.8 Å². The van der Waals surface area contributed by atoms with Gasteiger partial charge in [-0.05, 0) is 43.4 Å². The van der Waals surface area contributed by atoms with Crippen molar-refractivity contribution in [1.82, 2.24) is 24.9 Å². The first-order chi connectivity index (χ1) is 13.2. The van der Waals surface area contributed by atoms with E-state index < -0.39 is 0 Å². The number of nitrogens with two attached hydrogens (primary N) is 1. The molecule has 1 saturated carbocycles. The van der Waals surface area contributed by atoms with Crippen LogP contribution in [0.3, 0.4) is 0 Å². The van der Waals surface area contributed by atoms with Gasteiger partial charge in [-0.15, -0.1) is 5.10 Å². The molecule has 0 radical (unpaired) electrons. The highest BCUT2D eigenvalue weighted by Gasteiger charge is 2.39. The van der Waals surface area contributed by atoms with E-state index >= 15 is 0 Å². The largest absolute Gasteiger partial charge is 0.461 e. The molecule has 4 heterocycles. The van der Waals surface area contributed by atoms with E-state index in [1.807, 2.05) is 0 Å². The van der Waals surface area contributed by atoms with Crippen LogP contribution in [0.15, 0.2) is 28.9 Å². The summed E-state index contributed by atoms with van der Waals surface area (Å²) >= 11 is 0. The zero-order valence-electron chi connectivity index (χ0n) is 15.0. The zero-order chi connectivity index (χ0) is 18.4. The van der Waals surface area contributed by atoms with Crippen molar-refractivity contribution in [2.45, 2.75) is 38.1 Å². The quantitative estimate of drug-likeness (QED) is 0.684. The predicted molar refractivity (Wildman–Crippen MR) is 99.1 cm³/mol. The minimum absolute atomic E-state index is 0.00310. The fourth-order valence-electron chi connectivity index (χ4n) is 4.60. The molecule has 1 aliphatic heterocycles. The Balaban J connectivity index is 1.49. The first-order valence-electron chi connectivity index (χ1n) is 9.55. The Morgan fingerprint density at radius 2 is 2.15 bits per heavy atom. The molecule has 1 aliphatic carbocycles. The number of Topliss-reactive ketones (excluding diaryl/α,β-unsaturated/α-hetero) is 1. The molecular formula is C19H22N6O2. The Bertz CT molecular complexity index is 978. The van der Waals surface area contributed by atoms with Gasteiger partial charge in [0.2, 0.25) is 11.8 Å². The van der Waals surface area contributed by atoms with Crippen LogP contribution in [-0.2, 0) is 0 Å². The number of piperidine rings is 1. The molecule has 0 amide bonds. The van der Waals surface area contributed by atoms with Crippen LogP contribution in [0.5, 0.6) is 0 Å². The molecule has 0 bridgehead atoms. The van der Waals surface area contributed by atoms with Crippen molar-refractivity contribution >= 4 is 17.4 Å². The van der Waals surface area contributed by atoms with Crippen LogP contribution in [0.1, 0.15) is 42.6 Å². The normalized spacial score (nSPS) is 25.4. The molecule has 1 saturated heterocycles. The van der Waals surface area contributed by atoms with E-state index in [9.17, 15) is 4.79 Å². The lowest BCUT2D eigenvalue weighted by Gasteiger charge is -2.41. The zero-order valence-corrected chi connectivity index (χ0v) is 15.0. The van der Waals surface area contributed by atoms with Gasteiger partial charge in [0.15, 0.2) is 17.2 Å². The number of hydrogen-bond acceptors (Lipinski definition) is 7. The molecule has 3 aromatic heterocycles. The number of anilines is 1. The third-order valence-electron chi connectivity index (χ3n) is 5.90. The second-order valence-electron chi connectivity index (χ2n) is 7.48. The molecule has 27 heavy (non-hydrogen) atoms. The van der Waals surface area contributed by atoms with Crippen LogP contribution >= 0.6 is 0 Å². The maximum absolute atomic E-state index is 13.2. The van der Waals surface area contributed by atoms with Crippen molar-refractivity contribution in [2.75, 3.05) is 12.3 Å². The summed E-state index contributed by atoms with van der Waals surface area (Å²) in [5.74, 6) is 2.14. The Morgan fingerprint density at radius 1 is 1.26 bits per heavy atom. The number of nitrogens with zero attached hydrogens (tertiary/aromatic N) is 4. The molecule has 2 fully saturated rings. The fraction of sp³-hybridized carbons (Fsp3) is 0.474. The Kier molecular flexibility index (Phi) is 3.93. The van der Waals surface area contributed by atoms with Gasteiger partial charge < -0.3 is 15.5 Å². The predicted octanol–water partition coefficient (Wildman–Crippen LogP) is 2.32. The van der Waals surface area contributed by atoms with E-state index in [-0.39, 0.29) is 17.8 Å². The number of carbonyl (C=O) groups is 1. The monoisotopic (exact) mass is 366 g/mol. The van der Waals surface area contributed by atoms with Crippen molar-refractivity contribution in [3.05, 3.63) is 30.2 Å². The van der Waals surface area contributed by atoms with Crippen molar-refractivity contribution < 1.29 is 9.21 Å². The second kappa shape index (κ2) is 6.45. The summed E-state index contributed by atoms with van der Waals surface area (Å²) < 4.78 is 6.78. The number of hydrogen-bond donors (Lipinski definition) is 2. The molecule has 5 rings (SSSR count). The summed E-state index contributed by atoms with van der Waals surface area (Å²) in [5.41, 5.74) is 6.91. The summed E-state index contributed by atoms with van der Waals surface area (Å²) in [4.78, 5) is 22.0. The first kappa shape index (κ1) is 16.4. The van der Waals surface area contributed by atoms with Gasteiger partial charge in [-0.3, -0.25) is 4.79 Å². The van der Waals surface area contributed by atoms with Crippen LogP contribution in [0.2, 0.25) is 0 Å². The molecule has 1 unspecified atom stereocenters. The third kappa shape index (κ3) is 2.80. The number of nitrogen functional groups attached to an aromatic ring is 1. The summed E-state index contributed by atoms with van der Waals surface area (Å²) in [7, 11) is 0. The van der Waals surface area contributed by atoms with Crippen LogP contribution in [0, 0.1) is 11.8 Å². The number of furan rings is 1. The molecule has 3 aromatic rings. The second-order valence-corrected chi connectivity index (χ2v) is 7.48. The molecule has 0 spiro atoms.